The molecule has 0 radical (unpaired) electrons. The van der Waals surface area contributed by atoms with Crippen LogP contribution in [0.15, 0.2) is 85.0 Å². The number of ether oxygens (including phenoxy) is 7. The standard InChI is InChI=1S/C56H64N4O13S/c1-6-49(61)68-29-11-9-8-10-28-67-44-22-24-45(25-23-44)71-53(64)40-18-20-41(21-19-40)54(65)72-46-26-27-48(43(34-46)35-58-60(36-57-5)56-59-47-33-37(3)32-38(4)51(47)74-56)73-55(66)42-16-14-39(15-17-42)52(63)70-31-13-12-30-69-50(62)7-2/h6-7,22-27,32-35,39-42H,1-2,8-21,28-31,36H2,3-4H3/b58-35+. The van der Waals surface area contributed by atoms with E-state index in [0.29, 0.717) is 99.6 Å². The SMILES string of the molecule is [C-]#[N+]CN(/N=C/c1cc(OC(=O)C2CCC(C(=O)Oc3ccc(OCCCCCCOC(=O)C=C)cc3)CC2)ccc1OC(=O)C1CCC(C(=O)OCCCCOC(=O)C=C)CC1)c1nc2cc(C)cc(C)c2s1. The zero-order valence-corrected chi connectivity index (χ0v) is 42.9. The van der Waals surface area contributed by atoms with E-state index in [9.17, 15) is 28.8 Å². The molecule has 0 spiro atoms. The van der Waals surface area contributed by atoms with Crippen LogP contribution in [-0.2, 0) is 43.0 Å². The first kappa shape index (κ1) is 55.9. The van der Waals surface area contributed by atoms with Gasteiger partial charge in [-0.15, -0.1) is 0 Å². The van der Waals surface area contributed by atoms with E-state index >= 15 is 0 Å². The van der Waals surface area contributed by atoms with Gasteiger partial charge in [-0.25, -0.2) is 21.1 Å². The van der Waals surface area contributed by atoms with E-state index in [1.807, 2.05) is 19.9 Å². The fourth-order valence-electron chi connectivity index (χ4n) is 8.63. The second-order valence-electron chi connectivity index (χ2n) is 18.3. The molecule has 0 bridgehead atoms. The third-order valence-corrected chi connectivity index (χ3v) is 13.9. The molecule has 74 heavy (non-hydrogen) atoms. The summed E-state index contributed by atoms with van der Waals surface area (Å²) < 4.78 is 39.8. The van der Waals surface area contributed by atoms with Gasteiger partial charge in [0.2, 0.25) is 5.13 Å². The monoisotopic (exact) mass is 1030 g/mol. The molecule has 2 aliphatic rings. The van der Waals surface area contributed by atoms with E-state index in [0.717, 1.165) is 59.2 Å². The highest BCUT2D eigenvalue weighted by molar-refractivity contribution is 7.22. The summed E-state index contributed by atoms with van der Waals surface area (Å²) in [6.45, 7) is 19.6. The number of thiazole rings is 1. The van der Waals surface area contributed by atoms with Crippen LogP contribution in [-0.4, -0.2) is 80.1 Å². The van der Waals surface area contributed by atoms with Gasteiger partial charge in [0, 0.05) is 17.7 Å². The number of hydrazone groups is 1. The summed E-state index contributed by atoms with van der Waals surface area (Å²) in [5, 5.41) is 6.59. The summed E-state index contributed by atoms with van der Waals surface area (Å²) in [6, 6.07) is 15.5. The lowest BCUT2D eigenvalue weighted by atomic mass is 9.82. The average molecular weight is 1030 g/mol. The molecule has 6 rings (SSSR count). The summed E-state index contributed by atoms with van der Waals surface area (Å²) in [5.74, 6) is -2.86. The number of hydrogen-bond donors (Lipinski definition) is 0. The van der Waals surface area contributed by atoms with E-state index in [1.165, 1.54) is 34.7 Å². The Bertz CT molecular complexity index is 2680. The number of esters is 6. The van der Waals surface area contributed by atoms with Crippen molar-refractivity contribution in [2.24, 2.45) is 28.8 Å². The zero-order valence-electron chi connectivity index (χ0n) is 42.1. The third-order valence-electron chi connectivity index (χ3n) is 12.7. The molecule has 2 saturated carbocycles. The third kappa shape index (κ3) is 17.1. The van der Waals surface area contributed by atoms with Crippen molar-refractivity contribution in [3.05, 3.63) is 108 Å². The fourth-order valence-corrected chi connectivity index (χ4v) is 9.60. The van der Waals surface area contributed by atoms with Gasteiger partial charge in [0.15, 0.2) is 0 Å². The Morgan fingerprint density at radius 1 is 0.649 bits per heavy atom. The number of unbranched alkanes of at least 4 members (excludes halogenated alkanes) is 4. The van der Waals surface area contributed by atoms with E-state index in [4.69, 9.17) is 44.7 Å². The molecule has 3 aromatic carbocycles. The fraction of sp³-hybridized carbons (Fsp3) is 0.446. The van der Waals surface area contributed by atoms with E-state index in [2.05, 4.69) is 29.2 Å². The predicted molar refractivity (Wildman–Crippen MR) is 278 cm³/mol. The smallest absolute Gasteiger partial charge is 0.330 e. The minimum absolute atomic E-state index is 0.144. The summed E-state index contributed by atoms with van der Waals surface area (Å²) >= 11 is 1.40. The quantitative estimate of drug-likeness (QED) is 0.00840. The van der Waals surface area contributed by atoms with E-state index in [-0.39, 0.29) is 49.2 Å². The number of hydrogen-bond acceptors (Lipinski definition) is 17. The van der Waals surface area contributed by atoms with Crippen molar-refractivity contribution >= 4 is 68.7 Å². The van der Waals surface area contributed by atoms with Crippen LogP contribution < -0.4 is 24.0 Å². The van der Waals surface area contributed by atoms with Gasteiger partial charge in [-0.2, -0.15) is 10.1 Å². The van der Waals surface area contributed by atoms with Crippen LogP contribution in [0.25, 0.3) is 15.1 Å². The number of nitrogens with zero attached hydrogens (tertiary/aromatic N) is 4. The Hall–Kier alpha value is -7.39. The van der Waals surface area contributed by atoms with Crippen LogP contribution >= 0.6 is 11.3 Å². The molecule has 4 aromatic rings. The number of carbonyl (C=O) groups excluding carboxylic acids is 6. The van der Waals surface area contributed by atoms with Crippen molar-refractivity contribution in [1.29, 1.82) is 0 Å². The van der Waals surface area contributed by atoms with E-state index in [1.54, 1.807) is 30.3 Å². The molecule has 0 N–H and O–H groups in total. The Kier molecular flexibility index (Phi) is 21.7. The van der Waals surface area contributed by atoms with Gasteiger partial charge in [0.1, 0.15) is 23.0 Å². The first-order valence-electron chi connectivity index (χ1n) is 25.1. The normalized spacial score (nSPS) is 17.3. The largest absolute Gasteiger partial charge is 0.494 e. The molecular weight excluding hydrogens is 969 g/mol. The predicted octanol–water partition coefficient (Wildman–Crippen LogP) is 10.4. The second-order valence-corrected chi connectivity index (χ2v) is 19.3. The lowest BCUT2D eigenvalue weighted by molar-refractivity contribution is -0.152. The maximum atomic E-state index is 13.7. The highest BCUT2D eigenvalue weighted by Gasteiger charge is 2.34. The van der Waals surface area contributed by atoms with Crippen molar-refractivity contribution in [3.8, 4) is 23.0 Å². The van der Waals surface area contributed by atoms with Crippen LogP contribution in [0, 0.1) is 44.1 Å². The van der Waals surface area contributed by atoms with Gasteiger partial charge in [-0.05, 0) is 163 Å². The molecule has 0 unspecified atom stereocenters. The van der Waals surface area contributed by atoms with Gasteiger partial charge in [-0.3, -0.25) is 24.0 Å². The van der Waals surface area contributed by atoms with Gasteiger partial charge in [0.05, 0.1) is 66.5 Å². The highest BCUT2D eigenvalue weighted by atomic mass is 32.1. The number of aryl methyl sites for hydroxylation is 2. The Balaban J connectivity index is 1.03. The molecule has 2 aliphatic carbocycles. The van der Waals surface area contributed by atoms with Crippen LogP contribution in [0.3, 0.4) is 0 Å². The Labute approximate surface area is 435 Å². The minimum atomic E-state index is -0.502. The van der Waals surface area contributed by atoms with Crippen molar-refractivity contribution in [2.75, 3.05) is 38.1 Å². The van der Waals surface area contributed by atoms with Gasteiger partial charge in [0.25, 0.3) is 0 Å². The zero-order chi connectivity index (χ0) is 52.8. The summed E-state index contributed by atoms with van der Waals surface area (Å²) in [7, 11) is 0. The maximum absolute atomic E-state index is 13.7. The summed E-state index contributed by atoms with van der Waals surface area (Å²) in [6.07, 6.45) is 11.6. The van der Waals surface area contributed by atoms with E-state index < -0.39 is 41.6 Å². The van der Waals surface area contributed by atoms with Crippen molar-refractivity contribution in [2.45, 2.75) is 104 Å². The Morgan fingerprint density at radius 2 is 1.15 bits per heavy atom. The molecule has 1 heterocycles. The lowest BCUT2D eigenvalue weighted by Gasteiger charge is -2.26. The summed E-state index contributed by atoms with van der Waals surface area (Å²) in [4.78, 5) is 84.0. The Morgan fingerprint density at radius 3 is 1.73 bits per heavy atom. The molecule has 392 valence electrons. The molecule has 0 aliphatic heterocycles. The number of benzene rings is 3. The van der Waals surface area contributed by atoms with Crippen molar-refractivity contribution < 1.29 is 61.9 Å². The topological polar surface area (TPSA) is 200 Å². The molecule has 0 amide bonds. The molecule has 1 aromatic heterocycles. The van der Waals surface area contributed by atoms with Crippen LogP contribution in [0.4, 0.5) is 5.13 Å². The molecule has 17 nitrogen and oxygen atoms in total. The second kappa shape index (κ2) is 28.7. The number of rotatable bonds is 26. The van der Waals surface area contributed by atoms with Crippen molar-refractivity contribution in [1.82, 2.24) is 4.98 Å². The molecule has 2 fully saturated rings. The van der Waals surface area contributed by atoms with Crippen LogP contribution in [0.5, 0.6) is 23.0 Å². The van der Waals surface area contributed by atoms with Gasteiger partial charge < -0.3 is 33.2 Å². The first-order chi connectivity index (χ1) is 35.8. The first-order valence-corrected chi connectivity index (χ1v) is 25.9. The van der Waals surface area contributed by atoms with Crippen molar-refractivity contribution in [3.63, 3.8) is 0 Å². The van der Waals surface area contributed by atoms with Crippen LogP contribution in [0.2, 0.25) is 0 Å². The highest BCUT2D eigenvalue weighted by Crippen LogP contribution is 2.36. The minimum Gasteiger partial charge on any atom is -0.494 e. The summed E-state index contributed by atoms with van der Waals surface area (Å²) in [5.41, 5.74) is 3.20. The number of carbonyl (C=O) groups is 6. The average Bonchev–Trinajstić information content (AvgIpc) is 3.84. The number of aromatic nitrogens is 1. The number of fused-ring (bicyclic) bond motifs is 1. The molecule has 0 saturated heterocycles. The lowest BCUT2D eigenvalue weighted by Crippen LogP contribution is -2.30. The number of anilines is 1. The van der Waals surface area contributed by atoms with Gasteiger partial charge in [-0.1, -0.05) is 30.6 Å². The molecular formula is C56H64N4O13S. The van der Waals surface area contributed by atoms with Crippen LogP contribution in [0.1, 0.15) is 107 Å². The molecule has 18 heteroatoms. The van der Waals surface area contributed by atoms with Gasteiger partial charge >= 0.3 is 42.5 Å². The maximum Gasteiger partial charge on any atom is 0.330 e. The molecule has 0 atom stereocenters.